The molecule has 0 bridgehead atoms. The van der Waals surface area contributed by atoms with Gasteiger partial charge in [-0.25, -0.2) is 4.99 Å². The van der Waals surface area contributed by atoms with E-state index in [0.29, 0.717) is 17.4 Å². The fraction of sp³-hybridized carbons (Fsp3) is 0.391. The van der Waals surface area contributed by atoms with Crippen molar-refractivity contribution in [1.29, 1.82) is 0 Å². The van der Waals surface area contributed by atoms with E-state index in [-0.39, 0.29) is 23.5 Å². The van der Waals surface area contributed by atoms with Crippen LogP contribution >= 0.6 is 11.8 Å². The van der Waals surface area contributed by atoms with Crippen LogP contribution in [0, 0.1) is 26.7 Å². The van der Waals surface area contributed by atoms with Crippen molar-refractivity contribution in [3.05, 3.63) is 52.5 Å². The predicted molar refractivity (Wildman–Crippen MR) is 127 cm³/mol. The van der Waals surface area contributed by atoms with Crippen molar-refractivity contribution in [2.24, 2.45) is 18.0 Å². The summed E-state index contributed by atoms with van der Waals surface area (Å²) >= 11 is 1.28. The minimum absolute atomic E-state index is 0.126. The summed E-state index contributed by atoms with van der Waals surface area (Å²) in [6.07, 6.45) is 3.63. The third-order valence-corrected chi connectivity index (χ3v) is 5.78. The van der Waals surface area contributed by atoms with Crippen molar-refractivity contribution in [2.45, 2.75) is 34.6 Å². The number of benzene rings is 1. The fourth-order valence-electron chi connectivity index (χ4n) is 3.26. The van der Waals surface area contributed by atoms with Crippen molar-refractivity contribution in [1.82, 2.24) is 14.7 Å². The molecule has 2 aromatic rings. The first-order valence-electron chi connectivity index (χ1n) is 10.3. The summed E-state index contributed by atoms with van der Waals surface area (Å²) in [6, 6.07) is 5.95. The summed E-state index contributed by atoms with van der Waals surface area (Å²) in [5, 5.41) is 7.84. The number of carbonyl (C=O) groups is 2. The maximum atomic E-state index is 13.0. The average molecular weight is 440 g/mol. The van der Waals surface area contributed by atoms with Crippen LogP contribution < -0.4 is 5.32 Å². The molecule has 0 aliphatic carbocycles. The molecule has 164 valence electrons. The molecule has 0 saturated heterocycles. The highest BCUT2D eigenvalue weighted by Crippen LogP contribution is 2.26. The van der Waals surface area contributed by atoms with Crippen LogP contribution in [-0.4, -0.2) is 44.0 Å². The Bertz CT molecular complexity index is 1070. The molecule has 0 saturated carbocycles. The van der Waals surface area contributed by atoms with Crippen molar-refractivity contribution in [3.8, 4) is 0 Å². The Balaban J connectivity index is 1.76. The van der Waals surface area contributed by atoms with E-state index in [1.54, 1.807) is 15.7 Å². The molecular weight excluding hydrogens is 410 g/mol. The number of rotatable bonds is 6. The molecule has 1 aliphatic rings. The van der Waals surface area contributed by atoms with Gasteiger partial charge >= 0.3 is 0 Å². The number of anilines is 1. The second-order valence-electron chi connectivity index (χ2n) is 8.23. The van der Waals surface area contributed by atoms with Crippen LogP contribution in [0.3, 0.4) is 0 Å². The highest BCUT2D eigenvalue weighted by Gasteiger charge is 2.31. The van der Waals surface area contributed by atoms with Gasteiger partial charge in [0, 0.05) is 31.0 Å². The van der Waals surface area contributed by atoms with Gasteiger partial charge in [0.2, 0.25) is 5.91 Å². The normalized spacial score (nSPS) is 15.2. The van der Waals surface area contributed by atoms with Gasteiger partial charge in [-0.1, -0.05) is 37.7 Å². The molecule has 2 heterocycles. The SMILES string of the molecule is Cc1ccc(C)c(NC(=O)CSC2=N/C(=C/c3cn(C)nc3C)C(=O)N2CC(C)C)c1. The van der Waals surface area contributed by atoms with E-state index in [1.165, 1.54) is 11.8 Å². The molecule has 7 nitrogen and oxygen atoms in total. The second kappa shape index (κ2) is 9.51. The number of hydrogen-bond donors (Lipinski definition) is 1. The lowest BCUT2D eigenvalue weighted by Gasteiger charge is -2.19. The molecule has 2 amide bonds. The third kappa shape index (κ3) is 5.64. The zero-order valence-corrected chi connectivity index (χ0v) is 19.7. The second-order valence-corrected chi connectivity index (χ2v) is 9.17. The number of nitrogens with one attached hydrogen (secondary N) is 1. The van der Waals surface area contributed by atoms with Crippen LogP contribution in [0.4, 0.5) is 5.69 Å². The van der Waals surface area contributed by atoms with Gasteiger partial charge in [-0.3, -0.25) is 19.2 Å². The predicted octanol–water partition coefficient (Wildman–Crippen LogP) is 3.91. The van der Waals surface area contributed by atoms with Crippen LogP contribution in [0.15, 0.2) is 35.1 Å². The van der Waals surface area contributed by atoms with E-state index in [9.17, 15) is 9.59 Å². The van der Waals surface area contributed by atoms with Crippen LogP contribution in [0.1, 0.15) is 36.2 Å². The van der Waals surface area contributed by atoms with Gasteiger partial charge in [-0.15, -0.1) is 0 Å². The Hall–Kier alpha value is -2.87. The molecule has 8 heteroatoms. The Morgan fingerprint density at radius 2 is 2.00 bits per heavy atom. The molecule has 1 aromatic carbocycles. The van der Waals surface area contributed by atoms with Gasteiger partial charge in [-0.05, 0) is 50.0 Å². The average Bonchev–Trinajstić information content (AvgIpc) is 3.15. The summed E-state index contributed by atoms with van der Waals surface area (Å²) in [6.45, 7) is 10.5. The molecule has 3 rings (SSSR count). The Morgan fingerprint density at radius 1 is 1.26 bits per heavy atom. The van der Waals surface area contributed by atoms with Crippen molar-refractivity contribution >= 4 is 40.5 Å². The number of aryl methyl sites for hydroxylation is 4. The van der Waals surface area contributed by atoms with E-state index < -0.39 is 0 Å². The Kier molecular flexibility index (Phi) is 7.00. The van der Waals surface area contributed by atoms with Crippen molar-refractivity contribution in [3.63, 3.8) is 0 Å². The first-order valence-corrected chi connectivity index (χ1v) is 11.2. The van der Waals surface area contributed by atoms with Crippen LogP contribution in [-0.2, 0) is 16.6 Å². The van der Waals surface area contributed by atoms with Gasteiger partial charge < -0.3 is 5.32 Å². The molecule has 1 aliphatic heterocycles. The number of amides is 2. The lowest BCUT2D eigenvalue weighted by Crippen LogP contribution is -2.34. The molecular formula is C23H29N5O2S. The van der Waals surface area contributed by atoms with E-state index in [0.717, 1.165) is 28.1 Å². The number of hydrogen-bond acceptors (Lipinski definition) is 5. The molecule has 0 spiro atoms. The maximum Gasteiger partial charge on any atom is 0.278 e. The zero-order valence-electron chi connectivity index (χ0n) is 18.9. The number of thioether (sulfide) groups is 1. The molecule has 31 heavy (non-hydrogen) atoms. The lowest BCUT2D eigenvalue weighted by molar-refractivity contribution is -0.122. The third-order valence-electron chi connectivity index (χ3n) is 4.80. The van der Waals surface area contributed by atoms with E-state index in [1.807, 2.05) is 52.2 Å². The number of aliphatic imine (C=N–C) groups is 1. The number of carbonyl (C=O) groups excluding carboxylic acids is 2. The summed E-state index contributed by atoms with van der Waals surface area (Å²) < 4.78 is 1.71. The summed E-state index contributed by atoms with van der Waals surface area (Å²) in [7, 11) is 1.84. The summed E-state index contributed by atoms with van der Waals surface area (Å²) in [4.78, 5) is 31.8. The number of amidine groups is 1. The zero-order chi connectivity index (χ0) is 22.7. The van der Waals surface area contributed by atoms with Gasteiger partial charge in [0.15, 0.2) is 5.17 Å². The van der Waals surface area contributed by atoms with Gasteiger partial charge in [0.25, 0.3) is 5.91 Å². The van der Waals surface area contributed by atoms with Gasteiger partial charge in [-0.2, -0.15) is 5.10 Å². The largest absolute Gasteiger partial charge is 0.325 e. The monoisotopic (exact) mass is 439 g/mol. The Labute approximate surface area is 187 Å². The summed E-state index contributed by atoms with van der Waals surface area (Å²) in [5.74, 6) is 0.180. The molecule has 1 aromatic heterocycles. The highest BCUT2D eigenvalue weighted by molar-refractivity contribution is 8.14. The van der Waals surface area contributed by atoms with E-state index in [2.05, 4.69) is 29.3 Å². The van der Waals surface area contributed by atoms with Crippen molar-refractivity contribution < 1.29 is 9.59 Å². The van der Waals surface area contributed by atoms with Crippen LogP contribution in [0.25, 0.3) is 6.08 Å². The van der Waals surface area contributed by atoms with Crippen LogP contribution in [0.5, 0.6) is 0 Å². The molecule has 0 unspecified atom stereocenters. The fourth-order valence-corrected chi connectivity index (χ4v) is 4.07. The molecule has 0 radical (unpaired) electrons. The van der Waals surface area contributed by atoms with Crippen molar-refractivity contribution in [2.75, 3.05) is 17.6 Å². The Morgan fingerprint density at radius 3 is 2.65 bits per heavy atom. The smallest absolute Gasteiger partial charge is 0.278 e. The maximum absolute atomic E-state index is 13.0. The lowest BCUT2D eigenvalue weighted by atomic mass is 10.1. The summed E-state index contributed by atoms with van der Waals surface area (Å²) in [5.41, 5.74) is 4.97. The molecule has 0 atom stereocenters. The first-order chi connectivity index (χ1) is 14.6. The van der Waals surface area contributed by atoms with Gasteiger partial charge in [0.05, 0.1) is 11.4 Å². The van der Waals surface area contributed by atoms with E-state index in [4.69, 9.17) is 0 Å². The quantitative estimate of drug-likeness (QED) is 0.692. The first kappa shape index (κ1) is 22.8. The van der Waals surface area contributed by atoms with Crippen LogP contribution in [0.2, 0.25) is 0 Å². The standard InChI is InChI=1S/C23H29N5O2S/c1-14(2)11-28-22(30)20(10-18-12-27(6)26-17(18)5)25-23(28)31-13-21(29)24-19-9-15(3)7-8-16(19)4/h7-10,12,14H,11,13H2,1-6H3,(H,24,29)/b20-10+. The molecule has 0 fully saturated rings. The minimum Gasteiger partial charge on any atom is -0.325 e. The van der Waals surface area contributed by atoms with Gasteiger partial charge in [0.1, 0.15) is 5.70 Å². The molecule has 1 N–H and O–H groups in total. The number of nitrogens with zero attached hydrogens (tertiary/aromatic N) is 4. The van der Waals surface area contributed by atoms with E-state index >= 15 is 0 Å². The minimum atomic E-state index is -0.144. The topological polar surface area (TPSA) is 79.6 Å². The number of aromatic nitrogens is 2. The highest BCUT2D eigenvalue weighted by atomic mass is 32.2.